The van der Waals surface area contributed by atoms with E-state index in [2.05, 4.69) is 0 Å². The van der Waals surface area contributed by atoms with Crippen molar-refractivity contribution in [2.45, 2.75) is 39.2 Å². The SMILES string of the molecule is Cc1oc(-c2cccc(C(F)(F)F)c2)cc1COc1ccc(OC(C)(C)C(=O)O)cc1. The topological polar surface area (TPSA) is 68.9 Å². The molecule has 1 aromatic heterocycles. The Morgan fingerprint density at radius 2 is 1.68 bits per heavy atom. The molecule has 164 valence electrons. The maximum Gasteiger partial charge on any atom is 0.416 e. The van der Waals surface area contributed by atoms with E-state index >= 15 is 0 Å². The monoisotopic (exact) mass is 434 g/mol. The highest BCUT2D eigenvalue weighted by Gasteiger charge is 2.31. The van der Waals surface area contributed by atoms with Gasteiger partial charge in [-0.15, -0.1) is 0 Å². The van der Waals surface area contributed by atoms with Crippen LogP contribution in [0.25, 0.3) is 11.3 Å². The minimum Gasteiger partial charge on any atom is -0.489 e. The predicted molar refractivity (Wildman–Crippen MR) is 107 cm³/mol. The molecule has 0 aliphatic heterocycles. The van der Waals surface area contributed by atoms with Gasteiger partial charge in [0.25, 0.3) is 0 Å². The van der Waals surface area contributed by atoms with E-state index in [0.717, 1.165) is 12.1 Å². The lowest BCUT2D eigenvalue weighted by molar-refractivity contribution is -0.152. The smallest absolute Gasteiger partial charge is 0.416 e. The summed E-state index contributed by atoms with van der Waals surface area (Å²) in [5.74, 6) is 0.671. The summed E-state index contributed by atoms with van der Waals surface area (Å²) < 4.78 is 55.6. The van der Waals surface area contributed by atoms with Gasteiger partial charge in [-0.05, 0) is 63.2 Å². The zero-order valence-corrected chi connectivity index (χ0v) is 17.1. The first-order chi connectivity index (χ1) is 14.5. The molecular weight excluding hydrogens is 413 g/mol. The number of carboxylic acid groups (broad SMARTS) is 1. The van der Waals surface area contributed by atoms with Gasteiger partial charge in [0.2, 0.25) is 0 Å². The fourth-order valence-corrected chi connectivity index (χ4v) is 2.76. The average molecular weight is 434 g/mol. The second-order valence-corrected chi connectivity index (χ2v) is 7.45. The van der Waals surface area contributed by atoms with E-state index in [1.165, 1.54) is 19.9 Å². The van der Waals surface area contributed by atoms with Gasteiger partial charge in [-0.1, -0.05) is 12.1 Å². The molecule has 0 spiro atoms. The van der Waals surface area contributed by atoms with Gasteiger partial charge in [-0.25, -0.2) is 4.79 Å². The lowest BCUT2D eigenvalue weighted by Crippen LogP contribution is -2.37. The van der Waals surface area contributed by atoms with Gasteiger partial charge in [0, 0.05) is 11.1 Å². The van der Waals surface area contributed by atoms with E-state index in [-0.39, 0.29) is 6.61 Å². The van der Waals surface area contributed by atoms with Gasteiger partial charge in [0.15, 0.2) is 5.60 Å². The van der Waals surface area contributed by atoms with Gasteiger partial charge in [0.05, 0.1) is 5.56 Å². The Kier molecular flexibility index (Phi) is 6.01. The van der Waals surface area contributed by atoms with E-state index in [0.29, 0.717) is 34.1 Å². The van der Waals surface area contributed by atoms with Crippen molar-refractivity contribution < 1.29 is 37.0 Å². The number of aryl methyl sites for hydroxylation is 1. The first kappa shape index (κ1) is 22.3. The van der Waals surface area contributed by atoms with Crippen LogP contribution in [0.3, 0.4) is 0 Å². The zero-order chi connectivity index (χ0) is 22.8. The number of hydrogen-bond acceptors (Lipinski definition) is 4. The Hall–Kier alpha value is -3.42. The summed E-state index contributed by atoms with van der Waals surface area (Å²) in [4.78, 5) is 11.1. The van der Waals surface area contributed by atoms with Crippen molar-refractivity contribution in [1.82, 2.24) is 0 Å². The first-order valence-electron chi connectivity index (χ1n) is 9.38. The summed E-state index contributed by atoms with van der Waals surface area (Å²) in [6, 6.07) is 13.0. The van der Waals surface area contributed by atoms with Crippen LogP contribution in [0.15, 0.2) is 59.0 Å². The molecule has 0 saturated heterocycles. The van der Waals surface area contributed by atoms with Crippen molar-refractivity contribution in [2.75, 3.05) is 0 Å². The lowest BCUT2D eigenvalue weighted by atomic mass is 10.1. The number of aliphatic carboxylic acids is 1. The molecule has 0 radical (unpaired) electrons. The van der Waals surface area contributed by atoms with Crippen LogP contribution in [0.1, 0.15) is 30.7 Å². The van der Waals surface area contributed by atoms with Crippen molar-refractivity contribution in [1.29, 1.82) is 0 Å². The first-order valence-corrected chi connectivity index (χ1v) is 9.38. The Morgan fingerprint density at radius 3 is 2.29 bits per heavy atom. The van der Waals surface area contributed by atoms with Gasteiger partial charge < -0.3 is 19.0 Å². The molecule has 0 aliphatic rings. The van der Waals surface area contributed by atoms with Crippen molar-refractivity contribution in [2.24, 2.45) is 0 Å². The Morgan fingerprint density at radius 1 is 1.03 bits per heavy atom. The fourth-order valence-electron chi connectivity index (χ4n) is 2.76. The maximum absolute atomic E-state index is 12.9. The molecule has 1 N–H and O–H groups in total. The maximum atomic E-state index is 12.9. The fraction of sp³-hybridized carbons (Fsp3) is 0.261. The lowest BCUT2D eigenvalue weighted by Gasteiger charge is -2.21. The molecule has 3 rings (SSSR count). The normalized spacial score (nSPS) is 11.9. The second kappa shape index (κ2) is 8.37. The van der Waals surface area contributed by atoms with Crippen LogP contribution in [-0.2, 0) is 17.6 Å². The number of furan rings is 1. The van der Waals surface area contributed by atoms with Crippen LogP contribution in [0.5, 0.6) is 11.5 Å². The Bertz CT molecular complexity index is 1070. The highest BCUT2D eigenvalue weighted by molar-refractivity contribution is 5.76. The largest absolute Gasteiger partial charge is 0.489 e. The van der Waals surface area contributed by atoms with E-state index in [4.69, 9.17) is 19.0 Å². The molecule has 0 unspecified atom stereocenters. The standard InChI is InChI=1S/C23H21F3O5/c1-14-16(12-20(30-14)15-5-4-6-17(11-15)23(24,25)26)13-29-18-7-9-19(10-8-18)31-22(2,3)21(27)28/h4-12H,13H2,1-3H3,(H,27,28). The van der Waals surface area contributed by atoms with Crippen molar-refractivity contribution in [3.63, 3.8) is 0 Å². The van der Waals surface area contributed by atoms with Crippen molar-refractivity contribution >= 4 is 5.97 Å². The van der Waals surface area contributed by atoms with Crippen LogP contribution < -0.4 is 9.47 Å². The van der Waals surface area contributed by atoms with Crippen LogP contribution >= 0.6 is 0 Å². The summed E-state index contributed by atoms with van der Waals surface area (Å²) in [7, 11) is 0. The van der Waals surface area contributed by atoms with Crippen molar-refractivity contribution in [3.05, 3.63) is 71.5 Å². The number of carboxylic acids is 1. The Balaban J connectivity index is 1.68. The molecule has 2 aromatic carbocycles. The minimum absolute atomic E-state index is 0.148. The van der Waals surface area contributed by atoms with Gasteiger partial charge in [-0.2, -0.15) is 13.2 Å². The number of hydrogen-bond donors (Lipinski definition) is 1. The molecular formula is C23H21F3O5. The third-order valence-electron chi connectivity index (χ3n) is 4.60. The minimum atomic E-state index is -4.43. The molecule has 0 amide bonds. The molecule has 0 aliphatic carbocycles. The molecule has 31 heavy (non-hydrogen) atoms. The molecule has 3 aromatic rings. The van der Waals surface area contributed by atoms with Gasteiger partial charge in [-0.3, -0.25) is 0 Å². The summed E-state index contributed by atoms with van der Waals surface area (Å²) in [5, 5.41) is 9.12. The summed E-state index contributed by atoms with van der Waals surface area (Å²) in [5.41, 5.74) is -1.09. The molecule has 1 heterocycles. The summed E-state index contributed by atoms with van der Waals surface area (Å²) in [6.45, 7) is 4.75. The van der Waals surface area contributed by atoms with Gasteiger partial charge in [0.1, 0.15) is 29.6 Å². The molecule has 0 saturated carbocycles. The quantitative estimate of drug-likeness (QED) is 0.487. The highest BCUT2D eigenvalue weighted by Crippen LogP contribution is 2.33. The number of benzene rings is 2. The summed E-state index contributed by atoms with van der Waals surface area (Å²) in [6.07, 6.45) is -4.43. The van der Waals surface area contributed by atoms with Crippen LogP contribution in [0.4, 0.5) is 13.2 Å². The zero-order valence-electron chi connectivity index (χ0n) is 17.1. The third-order valence-corrected chi connectivity index (χ3v) is 4.60. The number of halogens is 3. The number of rotatable bonds is 7. The predicted octanol–water partition coefficient (Wildman–Crippen LogP) is 6.09. The molecule has 0 atom stereocenters. The van der Waals surface area contributed by atoms with E-state index in [9.17, 15) is 18.0 Å². The van der Waals surface area contributed by atoms with Gasteiger partial charge >= 0.3 is 12.1 Å². The number of ether oxygens (including phenoxy) is 2. The number of alkyl halides is 3. The second-order valence-electron chi connectivity index (χ2n) is 7.45. The van der Waals surface area contributed by atoms with E-state index in [1.54, 1.807) is 43.3 Å². The molecule has 5 nitrogen and oxygen atoms in total. The van der Waals surface area contributed by atoms with E-state index in [1.807, 2.05) is 0 Å². The number of carbonyl (C=O) groups is 1. The third kappa shape index (κ3) is 5.39. The van der Waals surface area contributed by atoms with Crippen molar-refractivity contribution in [3.8, 4) is 22.8 Å². The highest BCUT2D eigenvalue weighted by atomic mass is 19.4. The van der Waals surface area contributed by atoms with Crippen LogP contribution in [0.2, 0.25) is 0 Å². The molecule has 0 bridgehead atoms. The molecule has 8 heteroatoms. The van der Waals surface area contributed by atoms with Crippen LogP contribution in [-0.4, -0.2) is 16.7 Å². The average Bonchev–Trinajstić information content (AvgIpc) is 3.07. The van der Waals surface area contributed by atoms with Crippen LogP contribution in [0, 0.1) is 6.92 Å². The summed E-state index contributed by atoms with van der Waals surface area (Å²) >= 11 is 0. The molecule has 0 fully saturated rings. The van der Waals surface area contributed by atoms with E-state index < -0.39 is 23.3 Å². The Labute approximate surface area is 177 Å².